The van der Waals surface area contributed by atoms with E-state index in [1.165, 1.54) is 0 Å². The summed E-state index contributed by atoms with van der Waals surface area (Å²) in [6.07, 6.45) is 2.28. The zero-order valence-corrected chi connectivity index (χ0v) is 11.7. The van der Waals surface area contributed by atoms with Crippen LogP contribution in [0.2, 0.25) is 0 Å². The molecule has 6 nitrogen and oxygen atoms in total. The lowest BCUT2D eigenvalue weighted by Gasteiger charge is -2.31. The number of carbonyl (C=O) groups excluding carboxylic acids is 1. The number of nitrogens with zero attached hydrogens (tertiary/aromatic N) is 2. The fourth-order valence-electron chi connectivity index (χ4n) is 3.20. The predicted octanol–water partition coefficient (Wildman–Crippen LogP) is 1.29. The molecule has 2 heterocycles. The summed E-state index contributed by atoms with van der Waals surface area (Å²) in [4.78, 5) is 14.6. The quantitative estimate of drug-likeness (QED) is 0.372. The van der Waals surface area contributed by atoms with Crippen LogP contribution in [0.15, 0.2) is 29.4 Å². The topological polar surface area (TPSA) is 88.2 Å². The largest absolute Gasteiger partial charge is 0.493 e. The smallest absolute Gasteiger partial charge is 0.231 e. The number of hydrogen-bond acceptors (Lipinski definition) is 4. The van der Waals surface area contributed by atoms with Crippen LogP contribution in [0.3, 0.4) is 0 Å². The van der Waals surface area contributed by atoms with E-state index in [9.17, 15) is 4.79 Å². The van der Waals surface area contributed by atoms with Crippen molar-refractivity contribution >= 4 is 11.7 Å². The maximum atomic E-state index is 12.9. The summed E-state index contributed by atoms with van der Waals surface area (Å²) in [6, 6.07) is 7.35. The van der Waals surface area contributed by atoms with Gasteiger partial charge in [0, 0.05) is 12.1 Å². The molecule has 1 aromatic carbocycles. The predicted molar refractivity (Wildman–Crippen MR) is 77.4 cm³/mol. The van der Waals surface area contributed by atoms with Gasteiger partial charge in [-0.2, -0.15) is 0 Å². The van der Waals surface area contributed by atoms with Gasteiger partial charge in [-0.3, -0.25) is 4.79 Å². The number of benzene rings is 1. The highest BCUT2D eigenvalue weighted by Crippen LogP contribution is 2.36. The number of carbonyl (C=O) groups is 1. The Labute approximate surface area is 123 Å². The molecule has 2 atom stereocenters. The standard InChI is InChI=1S/C15H19N3O3/c16-14(17-20)12-5-3-8-18(12)15(19)11-7-9-21-13-6-2-1-4-10(11)13/h1-2,4,6,11-12,20H,3,5,7-9H2,(H2,16,17). The number of amidine groups is 1. The summed E-state index contributed by atoms with van der Waals surface area (Å²) in [6.45, 7) is 1.19. The molecule has 1 amide bonds. The molecular formula is C15H19N3O3. The van der Waals surface area contributed by atoms with Gasteiger partial charge in [0.1, 0.15) is 5.75 Å². The summed E-state index contributed by atoms with van der Waals surface area (Å²) in [5.41, 5.74) is 6.64. The maximum Gasteiger partial charge on any atom is 0.231 e. The first kappa shape index (κ1) is 13.7. The third kappa shape index (κ3) is 2.41. The molecule has 0 aliphatic carbocycles. The Morgan fingerprint density at radius 1 is 1.38 bits per heavy atom. The fraction of sp³-hybridized carbons (Fsp3) is 0.467. The zero-order valence-electron chi connectivity index (χ0n) is 11.7. The van der Waals surface area contributed by atoms with Crippen LogP contribution >= 0.6 is 0 Å². The highest BCUT2D eigenvalue weighted by Gasteiger charge is 2.37. The molecule has 1 aromatic rings. The average Bonchev–Trinajstić information content (AvgIpc) is 3.02. The molecule has 3 N–H and O–H groups in total. The third-order valence-corrected chi connectivity index (χ3v) is 4.25. The van der Waals surface area contributed by atoms with Crippen LogP contribution in [-0.2, 0) is 4.79 Å². The van der Waals surface area contributed by atoms with E-state index in [0.29, 0.717) is 19.6 Å². The van der Waals surface area contributed by atoms with Crippen molar-refractivity contribution in [1.82, 2.24) is 4.90 Å². The highest BCUT2D eigenvalue weighted by atomic mass is 16.5. The minimum atomic E-state index is -0.294. The molecule has 2 aliphatic rings. The van der Waals surface area contributed by atoms with Crippen LogP contribution < -0.4 is 10.5 Å². The summed E-state index contributed by atoms with van der Waals surface area (Å²) in [7, 11) is 0. The molecule has 0 bridgehead atoms. The molecule has 112 valence electrons. The van der Waals surface area contributed by atoms with Gasteiger partial charge in [-0.25, -0.2) is 0 Å². The van der Waals surface area contributed by atoms with E-state index < -0.39 is 0 Å². The van der Waals surface area contributed by atoms with E-state index in [2.05, 4.69) is 5.16 Å². The molecule has 2 aliphatic heterocycles. The van der Waals surface area contributed by atoms with Gasteiger partial charge in [-0.1, -0.05) is 23.4 Å². The molecule has 6 heteroatoms. The van der Waals surface area contributed by atoms with Crippen molar-refractivity contribution in [3.8, 4) is 5.75 Å². The van der Waals surface area contributed by atoms with E-state index in [4.69, 9.17) is 15.7 Å². The Bertz CT molecular complexity index is 573. The Morgan fingerprint density at radius 3 is 3.00 bits per heavy atom. The van der Waals surface area contributed by atoms with Crippen LogP contribution in [0.4, 0.5) is 0 Å². The summed E-state index contributed by atoms with van der Waals surface area (Å²) >= 11 is 0. The van der Waals surface area contributed by atoms with Crippen LogP contribution in [0.25, 0.3) is 0 Å². The minimum Gasteiger partial charge on any atom is -0.493 e. The van der Waals surface area contributed by atoms with Crippen molar-refractivity contribution < 1.29 is 14.7 Å². The summed E-state index contributed by atoms with van der Waals surface area (Å²) < 4.78 is 5.60. The van der Waals surface area contributed by atoms with E-state index in [-0.39, 0.29) is 23.7 Å². The first-order valence-electron chi connectivity index (χ1n) is 7.22. The van der Waals surface area contributed by atoms with Crippen molar-refractivity contribution in [2.45, 2.75) is 31.2 Å². The monoisotopic (exact) mass is 289 g/mol. The van der Waals surface area contributed by atoms with E-state index in [0.717, 1.165) is 24.2 Å². The second kappa shape index (κ2) is 5.63. The number of rotatable bonds is 2. The van der Waals surface area contributed by atoms with Gasteiger partial charge < -0.3 is 20.6 Å². The lowest BCUT2D eigenvalue weighted by atomic mass is 9.91. The van der Waals surface area contributed by atoms with E-state index in [1.54, 1.807) is 4.90 Å². The Balaban J connectivity index is 1.86. The lowest BCUT2D eigenvalue weighted by Crippen LogP contribution is -2.46. The molecule has 0 saturated carbocycles. The molecule has 21 heavy (non-hydrogen) atoms. The van der Waals surface area contributed by atoms with Crippen molar-refractivity contribution in [1.29, 1.82) is 0 Å². The highest BCUT2D eigenvalue weighted by molar-refractivity contribution is 5.93. The minimum absolute atomic E-state index is 0.0415. The van der Waals surface area contributed by atoms with Gasteiger partial charge >= 0.3 is 0 Å². The second-order valence-corrected chi connectivity index (χ2v) is 5.44. The number of likely N-dealkylation sites (tertiary alicyclic amines) is 1. The van der Waals surface area contributed by atoms with E-state index in [1.807, 2.05) is 24.3 Å². The zero-order chi connectivity index (χ0) is 14.8. The third-order valence-electron chi connectivity index (χ3n) is 4.25. The molecule has 0 aromatic heterocycles. The average molecular weight is 289 g/mol. The second-order valence-electron chi connectivity index (χ2n) is 5.44. The van der Waals surface area contributed by atoms with Crippen LogP contribution in [0.1, 0.15) is 30.7 Å². The molecule has 2 unspecified atom stereocenters. The first-order chi connectivity index (χ1) is 10.2. The molecule has 3 rings (SSSR count). The lowest BCUT2D eigenvalue weighted by molar-refractivity contribution is -0.133. The molecular weight excluding hydrogens is 270 g/mol. The van der Waals surface area contributed by atoms with Gasteiger partial charge in [0.05, 0.1) is 18.6 Å². The number of oxime groups is 1. The maximum absolute atomic E-state index is 12.9. The molecule has 0 radical (unpaired) electrons. The van der Waals surface area contributed by atoms with Crippen LogP contribution in [0.5, 0.6) is 5.75 Å². The van der Waals surface area contributed by atoms with Crippen molar-refractivity contribution in [3.63, 3.8) is 0 Å². The van der Waals surface area contributed by atoms with Crippen LogP contribution in [0, 0.1) is 0 Å². The number of hydrogen-bond donors (Lipinski definition) is 2. The number of fused-ring (bicyclic) bond motifs is 1. The van der Waals surface area contributed by atoms with Crippen molar-refractivity contribution in [3.05, 3.63) is 29.8 Å². The first-order valence-corrected chi connectivity index (χ1v) is 7.22. The number of amides is 1. The van der Waals surface area contributed by atoms with Gasteiger partial charge in [0.15, 0.2) is 5.84 Å². The number of ether oxygens (including phenoxy) is 1. The molecule has 0 spiro atoms. The van der Waals surface area contributed by atoms with Crippen LogP contribution in [-0.4, -0.2) is 41.0 Å². The molecule has 1 fully saturated rings. The molecule has 1 saturated heterocycles. The van der Waals surface area contributed by atoms with E-state index >= 15 is 0 Å². The normalized spacial score (nSPS) is 25.3. The SMILES string of the molecule is NC(=NO)C1CCCN1C(=O)C1CCOc2ccccc21. The summed E-state index contributed by atoms with van der Waals surface area (Å²) in [5.74, 6) is 0.727. The Kier molecular flexibility index (Phi) is 3.68. The number of nitrogens with two attached hydrogens (primary N) is 1. The van der Waals surface area contributed by atoms with Gasteiger partial charge in [0.2, 0.25) is 5.91 Å². The Morgan fingerprint density at radius 2 is 2.19 bits per heavy atom. The van der Waals surface area contributed by atoms with Crippen molar-refractivity contribution in [2.24, 2.45) is 10.9 Å². The van der Waals surface area contributed by atoms with Crippen molar-refractivity contribution in [2.75, 3.05) is 13.2 Å². The number of para-hydroxylation sites is 1. The summed E-state index contributed by atoms with van der Waals surface area (Å²) in [5, 5.41) is 11.9. The van der Waals surface area contributed by atoms with Gasteiger partial charge in [0.25, 0.3) is 0 Å². The van der Waals surface area contributed by atoms with Gasteiger partial charge in [-0.15, -0.1) is 0 Å². The fourth-order valence-corrected chi connectivity index (χ4v) is 3.20. The Hall–Kier alpha value is -2.24. The van der Waals surface area contributed by atoms with Gasteiger partial charge in [-0.05, 0) is 25.3 Å².